The van der Waals surface area contributed by atoms with Gasteiger partial charge in [-0.15, -0.1) is 11.3 Å². The number of hydrogen-bond donors (Lipinski definition) is 3. The molecule has 3 aromatic rings. The van der Waals surface area contributed by atoms with Gasteiger partial charge < -0.3 is 20.5 Å². The van der Waals surface area contributed by atoms with Crippen molar-refractivity contribution >= 4 is 46.2 Å². The molecule has 1 atom stereocenters. The third-order valence-electron chi connectivity index (χ3n) is 4.39. The van der Waals surface area contributed by atoms with Gasteiger partial charge in [-0.05, 0) is 24.6 Å². The van der Waals surface area contributed by atoms with Crippen molar-refractivity contribution in [3.8, 4) is 0 Å². The summed E-state index contributed by atoms with van der Waals surface area (Å²) < 4.78 is 31.5. The van der Waals surface area contributed by atoms with Gasteiger partial charge in [0.05, 0.1) is 11.6 Å². The number of rotatable bonds is 4. The van der Waals surface area contributed by atoms with Crippen molar-refractivity contribution in [3.63, 3.8) is 0 Å². The standard InChI is InChI=1S/C19H17N5OS.C2HF3O2/c1-12(13-5-3-2-4-6-13)21-19(25)22-14-7-8-15-16(9-14)24-18(23-15)17-10-26-11-20-17;3-2(4,5)1(6)7/h2-12H,1H3,(H,23,24)(H2,21,22,25);(H,6,7)/t12-;/m1./s1. The van der Waals surface area contributed by atoms with Crippen molar-refractivity contribution in [1.29, 1.82) is 0 Å². The summed E-state index contributed by atoms with van der Waals surface area (Å²) in [4.78, 5) is 29.9. The van der Waals surface area contributed by atoms with E-state index in [1.165, 1.54) is 0 Å². The maximum absolute atomic E-state index is 12.3. The Hall–Kier alpha value is -3.77. The number of amides is 2. The van der Waals surface area contributed by atoms with E-state index >= 15 is 0 Å². The summed E-state index contributed by atoms with van der Waals surface area (Å²) >= 11 is 1.54. The monoisotopic (exact) mass is 477 g/mol. The second kappa shape index (κ2) is 10.2. The molecule has 1 aliphatic heterocycles. The minimum atomic E-state index is -5.19. The first-order valence-corrected chi connectivity index (χ1v) is 10.4. The number of anilines is 1. The van der Waals surface area contributed by atoms with Crippen LogP contribution in [0.5, 0.6) is 0 Å². The molecule has 8 nitrogen and oxygen atoms in total. The van der Waals surface area contributed by atoms with Crippen LogP contribution in [-0.2, 0) is 4.79 Å². The SMILES string of the molecule is C[C@@H](NC(=O)Nc1ccc2c(c1)[NH2+]C(c1cscn1)=N2)c1ccccc1.O=C([O-])C(F)(F)F. The third-order valence-corrected chi connectivity index (χ3v) is 4.98. The van der Waals surface area contributed by atoms with Gasteiger partial charge in [0.1, 0.15) is 11.7 Å². The van der Waals surface area contributed by atoms with Gasteiger partial charge in [0, 0.05) is 17.1 Å². The molecule has 0 fully saturated rings. The van der Waals surface area contributed by atoms with Crippen LogP contribution in [0.2, 0.25) is 0 Å². The first kappa shape index (κ1) is 23.9. The molecule has 0 spiro atoms. The molecule has 4 N–H and O–H groups in total. The average Bonchev–Trinajstić information content (AvgIpc) is 3.43. The molecule has 0 saturated carbocycles. The fraction of sp³-hybridized carbons (Fsp3) is 0.143. The Balaban J connectivity index is 0.000000383. The summed E-state index contributed by atoms with van der Waals surface area (Å²) in [7, 11) is 0. The summed E-state index contributed by atoms with van der Waals surface area (Å²) in [5.74, 6) is -2.16. The molecule has 1 aromatic heterocycles. The molecule has 0 aliphatic carbocycles. The van der Waals surface area contributed by atoms with Crippen LogP contribution >= 0.6 is 11.3 Å². The van der Waals surface area contributed by atoms with E-state index in [9.17, 15) is 18.0 Å². The van der Waals surface area contributed by atoms with Gasteiger partial charge in [-0.25, -0.2) is 9.78 Å². The Morgan fingerprint density at radius 3 is 2.45 bits per heavy atom. The number of amidine groups is 1. The van der Waals surface area contributed by atoms with E-state index in [1.54, 1.807) is 16.8 Å². The number of aromatic nitrogens is 1. The molecule has 0 radical (unpaired) electrons. The smallest absolute Gasteiger partial charge is 0.430 e. The summed E-state index contributed by atoms with van der Waals surface area (Å²) in [5, 5.41) is 18.6. The lowest BCUT2D eigenvalue weighted by Crippen LogP contribution is -2.80. The first-order valence-electron chi connectivity index (χ1n) is 9.50. The van der Waals surface area contributed by atoms with Crippen LogP contribution in [0, 0.1) is 0 Å². The van der Waals surface area contributed by atoms with Crippen molar-refractivity contribution < 1.29 is 33.2 Å². The fourth-order valence-corrected chi connectivity index (χ4v) is 3.36. The number of alkyl halides is 3. The Bertz CT molecular complexity index is 1150. The number of benzene rings is 2. The zero-order chi connectivity index (χ0) is 24.0. The number of carbonyl (C=O) groups excluding carboxylic acids is 2. The van der Waals surface area contributed by atoms with E-state index in [-0.39, 0.29) is 12.1 Å². The highest BCUT2D eigenvalue weighted by molar-refractivity contribution is 7.07. The number of carboxylic acids is 1. The number of thiazole rings is 1. The molecule has 4 rings (SSSR count). The third kappa shape index (κ3) is 6.60. The van der Waals surface area contributed by atoms with Gasteiger partial charge in [-0.3, -0.25) is 5.32 Å². The van der Waals surface area contributed by atoms with Crippen LogP contribution in [0.15, 0.2) is 64.4 Å². The highest BCUT2D eigenvalue weighted by atomic mass is 32.1. The lowest BCUT2D eigenvalue weighted by atomic mass is 10.1. The zero-order valence-corrected chi connectivity index (χ0v) is 17.9. The number of nitrogens with two attached hydrogens (primary N) is 1. The topological polar surface area (TPSA) is 123 Å². The normalized spacial score (nSPS) is 13.2. The molecular formula is C21H18F3N5O3S. The van der Waals surface area contributed by atoms with E-state index in [4.69, 9.17) is 9.90 Å². The summed E-state index contributed by atoms with van der Waals surface area (Å²) in [6, 6.07) is 15.2. The minimum Gasteiger partial charge on any atom is -0.542 e. The number of quaternary nitrogens is 1. The fourth-order valence-electron chi connectivity index (χ4n) is 2.82. The number of fused-ring (bicyclic) bond motifs is 1. The average molecular weight is 477 g/mol. The first-order chi connectivity index (χ1) is 15.6. The quantitative estimate of drug-likeness (QED) is 0.500. The molecule has 2 amide bonds. The van der Waals surface area contributed by atoms with Crippen molar-refractivity contribution in [2.24, 2.45) is 4.99 Å². The molecule has 12 heteroatoms. The molecule has 172 valence electrons. The molecular weight excluding hydrogens is 459 g/mol. The lowest BCUT2D eigenvalue weighted by molar-refractivity contribution is -0.437. The van der Waals surface area contributed by atoms with Crippen LogP contribution in [0.25, 0.3) is 0 Å². The Kier molecular flexibility index (Phi) is 7.41. The van der Waals surface area contributed by atoms with Crippen LogP contribution in [0.4, 0.5) is 35.0 Å². The van der Waals surface area contributed by atoms with E-state index < -0.39 is 12.1 Å². The van der Waals surface area contributed by atoms with Crippen LogP contribution in [-0.4, -0.2) is 29.0 Å². The van der Waals surface area contributed by atoms with E-state index in [2.05, 4.69) is 20.6 Å². The number of carbonyl (C=O) groups is 2. The van der Waals surface area contributed by atoms with Crippen LogP contribution in [0.1, 0.15) is 24.2 Å². The predicted octanol–water partition coefficient (Wildman–Crippen LogP) is 2.61. The molecule has 2 aromatic carbocycles. The van der Waals surface area contributed by atoms with E-state index in [0.29, 0.717) is 0 Å². The maximum Gasteiger partial charge on any atom is 0.430 e. The summed E-state index contributed by atoms with van der Waals surface area (Å²) in [5.41, 5.74) is 6.31. The van der Waals surface area contributed by atoms with Crippen LogP contribution < -0.4 is 21.1 Å². The van der Waals surface area contributed by atoms with Gasteiger partial charge in [0.15, 0.2) is 11.4 Å². The number of hydrogen-bond acceptors (Lipinski definition) is 6. The van der Waals surface area contributed by atoms with Crippen LogP contribution in [0.3, 0.4) is 0 Å². The Morgan fingerprint density at radius 1 is 1.15 bits per heavy atom. The number of nitrogens with one attached hydrogen (secondary N) is 2. The second-order valence-electron chi connectivity index (χ2n) is 6.80. The molecule has 0 saturated heterocycles. The molecule has 33 heavy (non-hydrogen) atoms. The molecule has 0 unspecified atom stereocenters. The molecule has 0 bridgehead atoms. The largest absolute Gasteiger partial charge is 0.542 e. The van der Waals surface area contributed by atoms with Crippen molar-refractivity contribution in [2.45, 2.75) is 19.1 Å². The predicted molar refractivity (Wildman–Crippen MR) is 114 cm³/mol. The highest BCUT2D eigenvalue weighted by Crippen LogP contribution is 2.28. The Labute approximate surface area is 190 Å². The number of halogens is 3. The number of aliphatic imine (C=N–C) groups is 1. The van der Waals surface area contributed by atoms with Gasteiger partial charge in [-0.2, -0.15) is 18.2 Å². The van der Waals surface area contributed by atoms with Gasteiger partial charge >= 0.3 is 12.2 Å². The molecule has 1 aliphatic rings. The zero-order valence-electron chi connectivity index (χ0n) is 17.1. The second-order valence-corrected chi connectivity index (χ2v) is 7.52. The summed E-state index contributed by atoms with van der Waals surface area (Å²) in [6.45, 7) is 1.96. The summed E-state index contributed by atoms with van der Waals surface area (Å²) in [6.07, 6.45) is -5.19. The maximum atomic E-state index is 12.3. The highest BCUT2D eigenvalue weighted by Gasteiger charge is 2.28. The minimum absolute atomic E-state index is 0.0724. The van der Waals surface area contributed by atoms with E-state index in [0.717, 1.165) is 34.2 Å². The van der Waals surface area contributed by atoms with Gasteiger partial charge in [-0.1, -0.05) is 30.3 Å². The van der Waals surface area contributed by atoms with E-state index in [1.807, 2.05) is 66.2 Å². The van der Waals surface area contributed by atoms with Crippen molar-refractivity contribution in [2.75, 3.05) is 5.32 Å². The number of aliphatic carboxylic acids is 1. The van der Waals surface area contributed by atoms with Gasteiger partial charge in [0.2, 0.25) is 0 Å². The van der Waals surface area contributed by atoms with Crippen molar-refractivity contribution in [1.82, 2.24) is 10.3 Å². The Morgan fingerprint density at radius 2 is 1.85 bits per heavy atom. The number of nitrogens with zero attached hydrogens (tertiary/aromatic N) is 2. The number of carboxylic acid groups (broad SMARTS) is 1. The lowest BCUT2D eigenvalue weighted by Gasteiger charge is -2.15. The number of urea groups is 1. The van der Waals surface area contributed by atoms with Crippen molar-refractivity contribution in [3.05, 3.63) is 70.7 Å². The molecule has 2 heterocycles. The van der Waals surface area contributed by atoms with Gasteiger partial charge in [0.25, 0.3) is 5.84 Å².